The number of hydrogen-bond donors (Lipinski definition) is 0. The number of piperazine rings is 1. The SMILES string of the molecule is C[C@H]1CCN1c1nc(N2C[C@H]3C[C@@H](C2)C3CC(=O)N2CCN(C(=O)OC(C)(C)C)CC2)c2c(n1)C(F)(F)CC2. The van der Waals surface area contributed by atoms with Crippen molar-refractivity contribution in [3.8, 4) is 0 Å². The summed E-state index contributed by atoms with van der Waals surface area (Å²) in [6, 6.07) is 0.266. The molecule has 2 bridgehead atoms. The van der Waals surface area contributed by atoms with E-state index in [1.54, 1.807) is 4.90 Å². The van der Waals surface area contributed by atoms with Gasteiger partial charge in [-0.05, 0) is 64.7 Å². The van der Waals surface area contributed by atoms with Crippen LogP contribution >= 0.6 is 0 Å². The van der Waals surface area contributed by atoms with Crippen molar-refractivity contribution in [2.45, 2.75) is 77.4 Å². The summed E-state index contributed by atoms with van der Waals surface area (Å²) in [4.78, 5) is 42.5. The van der Waals surface area contributed by atoms with Crippen molar-refractivity contribution < 1.29 is 23.1 Å². The van der Waals surface area contributed by atoms with Gasteiger partial charge in [-0.2, -0.15) is 13.8 Å². The van der Waals surface area contributed by atoms with E-state index in [0.717, 1.165) is 32.5 Å². The molecule has 7 rings (SSSR count). The van der Waals surface area contributed by atoms with Gasteiger partial charge >= 0.3 is 6.09 Å². The third-order valence-corrected chi connectivity index (χ3v) is 9.31. The van der Waals surface area contributed by atoms with Crippen molar-refractivity contribution in [3.05, 3.63) is 11.3 Å². The lowest BCUT2D eigenvalue weighted by atomic mass is 9.60. The maximum Gasteiger partial charge on any atom is 0.410 e. The second-order valence-corrected chi connectivity index (χ2v) is 13.1. The molecule has 5 fully saturated rings. The summed E-state index contributed by atoms with van der Waals surface area (Å²) in [6.45, 7) is 11.9. The average molecular weight is 547 g/mol. The molecule has 1 saturated carbocycles. The highest BCUT2D eigenvalue weighted by Gasteiger charge is 2.50. The molecule has 11 heteroatoms. The second-order valence-electron chi connectivity index (χ2n) is 13.1. The van der Waals surface area contributed by atoms with Gasteiger partial charge in [-0.1, -0.05) is 0 Å². The van der Waals surface area contributed by atoms with Crippen LogP contribution in [0.5, 0.6) is 0 Å². The second kappa shape index (κ2) is 9.44. The van der Waals surface area contributed by atoms with E-state index in [0.29, 0.717) is 74.1 Å². The number of amides is 2. The Kier molecular flexibility index (Phi) is 6.41. The van der Waals surface area contributed by atoms with E-state index >= 15 is 0 Å². The van der Waals surface area contributed by atoms with E-state index in [1.807, 2.05) is 30.6 Å². The molecule has 1 aromatic heterocycles. The molecule has 2 aliphatic carbocycles. The van der Waals surface area contributed by atoms with Gasteiger partial charge in [0, 0.05) is 70.3 Å². The van der Waals surface area contributed by atoms with Crippen LogP contribution in [0.25, 0.3) is 0 Å². The molecule has 4 aliphatic heterocycles. The molecule has 1 aromatic rings. The van der Waals surface area contributed by atoms with Crippen molar-refractivity contribution >= 4 is 23.8 Å². The van der Waals surface area contributed by atoms with Gasteiger partial charge in [0.2, 0.25) is 11.9 Å². The highest BCUT2D eigenvalue weighted by molar-refractivity contribution is 5.77. The third-order valence-electron chi connectivity index (χ3n) is 9.31. The number of nitrogens with zero attached hydrogens (tertiary/aromatic N) is 6. The number of hydrogen-bond acceptors (Lipinski definition) is 7. The Labute approximate surface area is 228 Å². The molecular weight excluding hydrogens is 506 g/mol. The predicted octanol–water partition coefficient (Wildman–Crippen LogP) is 3.65. The average Bonchev–Trinajstić information content (AvgIpc) is 3.19. The van der Waals surface area contributed by atoms with Crippen LogP contribution < -0.4 is 9.80 Å². The zero-order chi connectivity index (χ0) is 27.7. The Balaban J connectivity index is 1.08. The fourth-order valence-corrected chi connectivity index (χ4v) is 6.89. The van der Waals surface area contributed by atoms with Gasteiger partial charge in [0.15, 0.2) is 0 Å². The Morgan fingerprint density at radius 1 is 1.03 bits per heavy atom. The summed E-state index contributed by atoms with van der Waals surface area (Å²) in [5.74, 6) is -0.627. The number of rotatable bonds is 4. The molecule has 2 amide bonds. The van der Waals surface area contributed by atoms with Crippen molar-refractivity contribution in [1.29, 1.82) is 0 Å². The Morgan fingerprint density at radius 3 is 2.28 bits per heavy atom. The van der Waals surface area contributed by atoms with Gasteiger partial charge < -0.3 is 24.3 Å². The fraction of sp³-hybridized carbons (Fsp3) is 0.786. The third kappa shape index (κ3) is 4.90. The minimum absolute atomic E-state index is 0.0851. The normalized spacial score (nSPS) is 29.5. The molecule has 4 saturated heterocycles. The lowest BCUT2D eigenvalue weighted by Crippen LogP contribution is -2.58. The van der Waals surface area contributed by atoms with E-state index in [2.05, 4.69) is 16.8 Å². The highest BCUT2D eigenvalue weighted by atomic mass is 19.3. The van der Waals surface area contributed by atoms with E-state index < -0.39 is 11.5 Å². The summed E-state index contributed by atoms with van der Waals surface area (Å²) in [5.41, 5.74) is -0.0200. The molecule has 0 radical (unpaired) electrons. The fourth-order valence-electron chi connectivity index (χ4n) is 6.89. The zero-order valence-corrected chi connectivity index (χ0v) is 23.5. The first-order valence-corrected chi connectivity index (χ1v) is 14.5. The quantitative estimate of drug-likeness (QED) is 0.570. The predicted molar refractivity (Wildman–Crippen MR) is 142 cm³/mol. The van der Waals surface area contributed by atoms with Crippen LogP contribution in [0.3, 0.4) is 0 Å². The Hall–Kier alpha value is -2.72. The molecule has 6 aliphatic rings. The molecule has 214 valence electrons. The molecule has 0 N–H and O–H groups in total. The maximum atomic E-state index is 14.8. The first-order valence-electron chi connectivity index (χ1n) is 14.5. The van der Waals surface area contributed by atoms with Gasteiger partial charge in [0.05, 0.1) is 0 Å². The topological polar surface area (TPSA) is 82.1 Å². The summed E-state index contributed by atoms with van der Waals surface area (Å²) in [5, 5.41) is 0. The van der Waals surface area contributed by atoms with Crippen LogP contribution in [0.2, 0.25) is 0 Å². The molecule has 9 nitrogen and oxygen atoms in total. The van der Waals surface area contributed by atoms with Crippen molar-refractivity contribution in [1.82, 2.24) is 19.8 Å². The number of piperidine rings is 2. The van der Waals surface area contributed by atoms with Crippen LogP contribution in [0.4, 0.5) is 25.3 Å². The van der Waals surface area contributed by atoms with Crippen LogP contribution in [0, 0.1) is 17.8 Å². The number of carbonyl (C=O) groups is 2. The first-order chi connectivity index (χ1) is 18.4. The smallest absolute Gasteiger partial charge is 0.410 e. The van der Waals surface area contributed by atoms with Crippen LogP contribution in [0.15, 0.2) is 0 Å². The van der Waals surface area contributed by atoms with Crippen molar-refractivity contribution in [3.63, 3.8) is 0 Å². The molecule has 4 atom stereocenters. The zero-order valence-electron chi connectivity index (χ0n) is 23.5. The van der Waals surface area contributed by atoms with E-state index in [-0.39, 0.29) is 30.2 Å². The minimum atomic E-state index is -2.91. The van der Waals surface area contributed by atoms with E-state index in [4.69, 9.17) is 9.72 Å². The number of halogens is 2. The summed E-state index contributed by atoms with van der Waals surface area (Å²) < 4.78 is 35.0. The van der Waals surface area contributed by atoms with Crippen LogP contribution in [-0.2, 0) is 21.9 Å². The number of ether oxygens (including phenoxy) is 1. The Morgan fingerprint density at radius 2 is 1.69 bits per heavy atom. The molecule has 39 heavy (non-hydrogen) atoms. The summed E-state index contributed by atoms with van der Waals surface area (Å²) in [7, 11) is 0. The van der Waals surface area contributed by atoms with Crippen molar-refractivity contribution in [2.24, 2.45) is 17.8 Å². The molecule has 0 aromatic carbocycles. The van der Waals surface area contributed by atoms with E-state index in [1.165, 1.54) is 0 Å². The van der Waals surface area contributed by atoms with Gasteiger partial charge in [-0.3, -0.25) is 4.79 Å². The van der Waals surface area contributed by atoms with Gasteiger partial charge in [-0.25, -0.2) is 9.78 Å². The summed E-state index contributed by atoms with van der Waals surface area (Å²) >= 11 is 0. The molecule has 1 unspecified atom stereocenters. The van der Waals surface area contributed by atoms with Gasteiger partial charge in [0.25, 0.3) is 5.92 Å². The lowest BCUT2D eigenvalue weighted by Gasteiger charge is -2.54. The lowest BCUT2D eigenvalue weighted by molar-refractivity contribution is -0.137. The van der Waals surface area contributed by atoms with E-state index in [9.17, 15) is 18.4 Å². The summed E-state index contributed by atoms with van der Waals surface area (Å²) in [6.07, 6.45) is 2.36. The molecule has 0 spiro atoms. The monoisotopic (exact) mass is 546 g/mol. The first kappa shape index (κ1) is 26.5. The Bertz CT molecular complexity index is 1140. The number of aromatic nitrogens is 2. The number of alkyl halides is 2. The van der Waals surface area contributed by atoms with Crippen LogP contribution in [0.1, 0.15) is 64.6 Å². The number of carbonyl (C=O) groups excluding carboxylic acids is 2. The maximum absolute atomic E-state index is 14.8. The van der Waals surface area contributed by atoms with Gasteiger partial charge in [0.1, 0.15) is 17.1 Å². The molecule has 5 heterocycles. The minimum Gasteiger partial charge on any atom is -0.444 e. The van der Waals surface area contributed by atoms with Gasteiger partial charge in [-0.15, -0.1) is 0 Å². The largest absolute Gasteiger partial charge is 0.444 e. The number of anilines is 2. The van der Waals surface area contributed by atoms with Crippen LogP contribution in [-0.4, -0.2) is 89.2 Å². The molecular formula is C28H40F2N6O3. The highest BCUT2D eigenvalue weighted by Crippen LogP contribution is 2.51. The standard InChI is InChI=1S/C28H40F2N6O3/c1-17-6-8-36(17)25-31-23-20(5-7-28(23,29)30)24(32-25)35-15-18-13-19(16-35)21(18)14-22(37)33-9-11-34(12-10-33)26(38)39-27(2,3)4/h17-19,21H,5-16H2,1-4H3/t17-,18-,19+,21?/m0/s1. The number of fused-ring (bicyclic) bond motifs is 3. The van der Waals surface area contributed by atoms with Crippen molar-refractivity contribution in [2.75, 3.05) is 55.6 Å².